The Balaban J connectivity index is 3.05. The minimum Gasteiger partial charge on any atom is -0.387 e. The number of nitrogens with one attached hydrogen (secondary N) is 2. The van der Waals surface area contributed by atoms with Gasteiger partial charge in [-0.25, -0.2) is 13.1 Å². The van der Waals surface area contributed by atoms with Gasteiger partial charge in [0.25, 0.3) is 0 Å². The van der Waals surface area contributed by atoms with Crippen LogP contribution < -0.4 is 10.0 Å². The maximum atomic E-state index is 12.1. The highest BCUT2D eigenvalue weighted by molar-refractivity contribution is 7.89. The van der Waals surface area contributed by atoms with Gasteiger partial charge in [-0.05, 0) is 18.9 Å². The lowest BCUT2D eigenvalue weighted by atomic mass is 10.1. The number of hydrogen-bond acceptors (Lipinski definition) is 4. The van der Waals surface area contributed by atoms with E-state index < -0.39 is 10.0 Å². The summed E-state index contributed by atoms with van der Waals surface area (Å²) in [5.74, 6) is 0.236. The van der Waals surface area contributed by atoms with Gasteiger partial charge in [0.05, 0.1) is 5.69 Å². The second kappa shape index (κ2) is 5.46. The van der Waals surface area contributed by atoms with Crippen LogP contribution in [0.4, 0.5) is 5.69 Å². The molecule has 1 aromatic rings. The van der Waals surface area contributed by atoms with Gasteiger partial charge in [-0.3, -0.25) is 4.98 Å². The molecule has 1 heterocycles. The minimum atomic E-state index is -3.52. The second-order valence-electron chi connectivity index (χ2n) is 4.28. The van der Waals surface area contributed by atoms with E-state index in [9.17, 15) is 8.42 Å². The molecule has 1 aromatic heterocycles. The average Bonchev–Trinajstić information content (AvgIpc) is 2.28. The molecule has 0 spiro atoms. The largest absolute Gasteiger partial charge is 0.387 e. The lowest BCUT2D eigenvalue weighted by Gasteiger charge is -2.18. The van der Waals surface area contributed by atoms with Crippen LogP contribution in [0, 0.1) is 5.92 Å². The van der Waals surface area contributed by atoms with Crippen molar-refractivity contribution in [1.29, 1.82) is 0 Å². The Morgan fingerprint density at radius 2 is 1.94 bits per heavy atom. The standard InChI is InChI=1S/C11H19N3O2S/c1-8(2)9(3)14-17(15,16)11-7-13-6-5-10(11)12-4/h5-9,14H,1-4H3,(H,12,13). The van der Waals surface area contributed by atoms with Crippen LogP contribution in [0.5, 0.6) is 0 Å². The van der Waals surface area contributed by atoms with Crippen LogP contribution in [0.2, 0.25) is 0 Å². The second-order valence-corrected chi connectivity index (χ2v) is 5.96. The molecule has 6 heteroatoms. The molecule has 96 valence electrons. The molecule has 0 saturated carbocycles. The summed E-state index contributed by atoms with van der Waals surface area (Å²) in [5, 5.41) is 2.84. The van der Waals surface area contributed by atoms with Crippen molar-refractivity contribution in [3.05, 3.63) is 18.5 Å². The fourth-order valence-corrected chi connectivity index (χ4v) is 2.79. The third kappa shape index (κ3) is 3.41. The fourth-order valence-electron chi connectivity index (χ4n) is 1.24. The molecule has 1 unspecified atom stereocenters. The van der Waals surface area contributed by atoms with Gasteiger partial charge in [0, 0.05) is 25.5 Å². The number of hydrogen-bond donors (Lipinski definition) is 2. The normalized spacial score (nSPS) is 13.7. The molecular weight excluding hydrogens is 238 g/mol. The van der Waals surface area contributed by atoms with Gasteiger partial charge in [-0.1, -0.05) is 13.8 Å². The molecule has 0 aliphatic heterocycles. The lowest BCUT2D eigenvalue weighted by molar-refractivity contribution is 0.476. The zero-order valence-corrected chi connectivity index (χ0v) is 11.4. The predicted octanol–water partition coefficient (Wildman–Crippen LogP) is 1.45. The van der Waals surface area contributed by atoms with E-state index in [2.05, 4.69) is 15.0 Å². The quantitative estimate of drug-likeness (QED) is 0.837. The summed E-state index contributed by atoms with van der Waals surface area (Å²) in [4.78, 5) is 4.03. The van der Waals surface area contributed by atoms with Crippen LogP contribution in [0.15, 0.2) is 23.4 Å². The third-order valence-corrected chi connectivity index (χ3v) is 4.27. The first-order valence-electron chi connectivity index (χ1n) is 5.52. The van der Waals surface area contributed by atoms with E-state index >= 15 is 0 Å². The summed E-state index contributed by atoms with van der Waals surface area (Å²) < 4.78 is 26.9. The average molecular weight is 257 g/mol. The molecule has 0 amide bonds. The van der Waals surface area contributed by atoms with Gasteiger partial charge in [0.2, 0.25) is 10.0 Å². The summed E-state index contributed by atoms with van der Waals surface area (Å²) in [7, 11) is -1.84. The number of rotatable bonds is 5. The Bertz CT molecular complexity index is 471. The highest BCUT2D eigenvalue weighted by Gasteiger charge is 2.21. The van der Waals surface area contributed by atoms with Crippen molar-refractivity contribution in [1.82, 2.24) is 9.71 Å². The Labute approximate surface area is 103 Å². The molecule has 17 heavy (non-hydrogen) atoms. The first-order valence-corrected chi connectivity index (χ1v) is 7.01. The number of aromatic nitrogens is 1. The summed E-state index contributed by atoms with van der Waals surface area (Å²) in [6.45, 7) is 5.78. The van der Waals surface area contributed by atoms with Crippen molar-refractivity contribution in [2.45, 2.75) is 31.7 Å². The highest BCUT2D eigenvalue weighted by atomic mass is 32.2. The number of nitrogens with zero attached hydrogens (tertiary/aromatic N) is 1. The fraction of sp³-hybridized carbons (Fsp3) is 0.545. The molecule has 5 nitrogen and oxygen atoms in total. The van der Waals surface area contributed by atoms with Crippen LogP contribution in [-0.2, 0) is 10.0 Å². The van der Waals surface area contributed by atoms with Gasteiger partial charge >= 0.3 is 0 Å². The maximum absolute atomic E-state index is 12.1. The first-order chi connectivity index (χ1) is 7.88. The van der Waals surface area contributed by atoms with Crippen molar-refractivity contribution in [3.8, 4) is 0 Å². The van der Waals surface area contributed by atoms with Crippen LogP contribution in [-0.4, -0.2) is 26.5 Å². The van der Waals surface area contributed by atoms with Gasteiger partial charge in [0.1, 0.15) is 4.90 Å². The minimum absolute atomic E-state index is 0.120. The Hall–Kier alpha value is -1.14. The predicted molar refractivity (Wildman–Crippen MR) is 68.4 cm³/mol. The van der Waals surface area contributed by atoms with E-state index in [4.69, 9.17) is 0 Å². The van der Waals surface area contributed by atoms with E-state index in [-0.39, 0.29) is 16.9 Å². The molecule has 0 aliphatic carbocycles. The summed E-state index contributed by atoms with van der Waals surface area (Å²) >= 11 is 0. The number of pyridine rings is 1. The molecule has 2 N–H and O–H groups in total. The monoisotopic (exact) mass is 257 g/mol. The molecule has 0 bridgehead atoms. The number of anilines is 1. The Kier molecular flexibility index (Phi) is 4.47. The number of sulfonamides is 1. The maximum Gasteiger partial charge on any atom is 0.244 e. The van der Waals surface area contributed by atoms with Crippen molar-refractivity contribution in [2.24, 2.45) is 5.92 Å². The SMILES string of the molecule is CNc1ccncc1S(=O)(=O)NC(C)C(C)C. The van der Waals surface area contributed by atoms with E-state index in [0.29, 0.717) is 5.69 Å². The first kappa shape index (κ1) is 13.9. The summed E-state index contributed by atoms with van der Waals surface area (Å²) in [5.41, 5.74) is 0.545. The van der Waals surface area contributed by atoms with E-state index in [1.54, 1.807) is 19.3 Å². The lowest BCUT2D eigenvalue weighted by Crippen LogP contribution is -2.36. The zero-order valence-electron chi connectivity index (χ0n) is 10.6. The van der Waals surface area contributed by atoms with Crippen LogP contribution in [0.1, 0.15) is 20.8 Å². The van der Waals surface area contributed by atoms with Crippen molar-refractivity contribution in [3.63, 3.8) is 0 Å². The molecule has 0 fully saturated rings. The van der Waals surface area contributed by atoms with Crippen LogP contribution in [0.25, 0.3) is 0 Å². The molecule has 0 saturated heterocycles. The molecule has 0 radical (unpaired) electrons. The molecule has 0 aromatic carbocycles. The topological polar surface area (TPSA) is 71.1 Å². The van der Waals surface area contributed by atoms with Gasteiger partial charge < -0.3 is 5.32 Å². The Morgan fingerprint density at radius 1 is 1.29 bits per heavy atom. The molecule has 0 aliphatic rings. The smallest absolute Gasteiger partial charge is 0.244 e. The van der Waals surface area contributed by atoms with Crippen molar-refractivity contribution < 1.29 is 8.42 Å². The van der Waals surface area contributed by atoms with Gasteiger partial charge in [0.15, 0.2) is 0 Å². The summed E-state index contributed by atoms with van der Waals surface area (Å²) in [6, 6.07) is 1.51. The van der Waals surface area contributed by atoms with Crippen LogP contribution >= 0.6 is 0 Å². The zero-order chi connectivity index (χ0) is 13.1. The molecule has 1 rings (SSSR count). The van der Waals surface area contributed by atoms with Crippen molar-refractivity contribution >= 4 is 15.7 Å². The van der Waals surface area contributed by atoms with Crippen LogP contribution in [0.3, 0.4) is 0 Å². The highest BCUT2D eigenvalue weighted by Crippen LogP contribution is 2.19. The van der Waals surface area contributed by atoms with E-state index in [1.165, 1.54) is 6.20 Å². The van der Waals surface area contributed by atoms with E-state index in [0.717, 1.165) is 0 Å². The van der Waals surface area contributed by atoms with E-state index in [1.807, 2.05) is 20.8 Å². The van der Waals surface area contributed by atoms with Gasteiger partial charge in [-0.2, -0.15) is 0 Å². The summed E-state index contributed by atoms with van der Waals surface area (Å²) in [6.07, 6.45) is 2.90. The molecule has 1 atom stereocenters. The third-order valence-electron chi connectivity index (χ3n) is 2.68. The van der Waals surface area contributed by atoms with Crippen molar-refractivity contribution in [2.75, 3.05) is 12.4 Å². The van der Waals surface area contributed by atoms with Gasteiger partial charge in [-0.15, -0.1) is 0 Å². The Morgan fingerprint density at radius 3 is 2.47 bits per heavy atom. The molecular formula is C11H19N3O2S.